The monoisotopic (exact) mass is 512 g/mol. The third-order valence-corrected chi connectivity index (χ3v) is 11.6. The maximum atomic E-state index is 12.2. The maximum Gasteiger partial charge on any atom is 0.306 e. The number of rotatable bonds is 9. The Labute approximate surface area is 225 Å². The Kier molecular flexibility index (Phi) is 8.65. The van der Waals surface area contributed by atoms with Crippen molar-refractivity contribution in [1.82, 2.24) is 0 Å². The fraction of sp³-hybridized carbons (Fsp3) is 0.818. The third kappa shape index (κ3) is 5.59. The summed E-state index contributed by atoms with van der Waals surface area (Å²) in [6.45, 7) is 14.6. The Hall–Kier alpha value is -1.58. The fourth-order valence-corrected chi connectivity index (χ4v) is 9.37. The van der Waals surface area contributed by atoms with Crippen LogP contribution in [0.4, 0.5) is 0 Å². The van der Waals surface area contributed by atoms with Crippen LogP contribution in [0.3, 0.4) is 0 Å². The van der Waals surface area contributed by atoms with Gasteiger partial charge in [0.25, 0.3) is 0 Å². The SMILES string of the molecule is CC[C@H](/C=C\[C@@H](C)[C@H]1CC[C@H]2[C@@H]3CC=C4C[C@@H](OC(=O)CCC(=O)O)CC[C@]4(C)[C@H]3CC[C@]12C)C(C)C. The number of carbonyl (C=O) groups is 2. The maximum absolute atomic E-state index is 12.2. The number of allylic oxidation sites excluding steroid dienone is 3. The number of fused-ring (bicyclic) bond motifs is 5. The molecule has 0 aliphatic heterocycles. The highest BCUT2D eigenvalue weighted by Crippen LogP contribution is 2.67. The zero-order chi connectivity index (χ0) is 27.0. The molecule has 9 atom stereocenters. The van der Waals surface area contributed by atoms with E-state index in [0.29, 0.717) is 23.2 Å². The quantitative estimate of drug-likeness (QED) is 0.250. The number of carbonyl (C=O) groups excluding carboxylic acids is 1. The van der Waals surface area contributed by atoms with Crippen LogP contribution in [0.1, 0.15) is 112 Å². The van der Waals surface area contributed by atoms with E-state index in [0.717, 1.165) is 42.9 Å². The minimum atomic E-state index is -0.946. The molecule has 4 aliphatic rings. The van der Waals surface area contributed by atoms with Crippen molar-refractivity contribution < 1.29 is 19.4 Å². The van der Waals surface area contributed by atoms with Gasteiger partial charge in [-0.05, 0) is 104 Å². The van der Waals surface area contributed by atoms with Crippen LogP contribution in [0.25, 0.3) is 0 Å². The summed E-state index contributed by atoms with van der Waals surface area (Å²) in [6.07, 6.45) is 18.0. The molecule has 0 aromatic rings. The molecule has 0 radical (unpaired) electrons. The van der Waals surface area contributed by atoms with Gasteiger partial charge in [0, 0.05) is 6.42 Å². The number of hydrogen-bond acceptors (Lipinski definition) is 3. The van der Waals surface area contributed by atoms with Crippen LogP contribution in [0.5, 0.6) is 0 Å². The van der Waals surface area contributed by atoms with Crippen molar-refractivity contribution in [1.29, 1.82) is 0 Å². The Morgan fingerprint density at radius 3 is 2.49 bits per heavy atom. The molecule has 4 rings (SSSR count). The standard InChI is InChI=1S/C33H52O4/c1-7-23(21(2)3)9-8-22(4)27-12-13-28-26-11-10-24-20-25(37-31(36)15-14-30(34)35)16-18-32(24,5)29(26)17-19-33(27,28)6/h8-10,21-23,25-29H,7,11-20H2,1-6H3,(H,34,35)/b9-8-/t22-,23-,25+,26+,27-,28+,29+,32+,33-/m1/s1. The first-order chi connectivity index (χ1) is 17.5. The van der Waals surface area contributed by atoms with E-state index in [4.69, 9.17) is 9.84 Å². The first kappa shape index (κ1) is 28.4. The summed E-state index contributed by atoms with van der Waals surface area (Å²) in [6, 6.07) is 0. The normalized spacial score (nSPS) is 38.9. The zero-order valence-electron chi connectivity index (χ0n) is 24.3. The number of carboxylic acids is 1. The van der Waals surface area contributed by atoms with Crippen LogP contribution in [0.2, 0.25) is 0 Å². The molecule has 4 nitrogen and oxygen atoms in total. The molecule has 208 valence electrons. The lowest BCUT2D eigenvalue weighted by Gasteiger charge is -2.58. The molecule has 0 aromatic carbocycles. The molecule has 0 amide bonds. The van der Waals surface area contributed by atoms with Gasteiger partial charge in [-0.15, -0.1) is 0 Å². The molecule has 0 saturated heterocycles. The van der Waals surface area contributed by atoms with Crippen molar-refractivity contribution >= 4 is 11.9 Å². The van der Waals surface area contributed by atoms with Crippen molar-refractivity contribution in [2.24, 2.45) is 52.3 Å². The van der Waals surface area contributed by atoms with E-state index in [1.165, 1.54) is 44.1 Å². The molecular weight excluding hydrogens is 460 g/mol. The Balaban J connectivity index is 1.43. The predicted molar refractivity (Wildman–Crippen MR) is 149 cm³/mol. The summed E-state index contributed by atoms with van der Waals surface area (Å²) in [5.41, 5.74) is 2.18. The largest absolute Gasteiger partial charge is 0.481 e. The summed E-state index contributed by atoms with van der Waals surface area (Å²) < 4.78 is 5.71. The molecular formula is C33H52O4. The predicted octanol–water partition coefficient (Wildman–Crippen LogP) is 8.22. The number of carboxylic acid groups (broad SMARTS) is 1. The van der Waals surface area contributed by atoms with Crippen molar-refractivity contribution in [3.05, 3.63) is 23.8 Å². The van der Waals surface area contributed by atoms with Gasteiger partial charge in [0.05, 0.1) is 12.8 Å². The van der Waals surface area contributed by atoms with Gasteiger partial charge in [-0.1, -0.05) is 65.3 Å². The lowest BCUT2D eigenvalue weighted by Crippen LogP contribution is -2.51. The van der Waals surface area contributed by atoms with Crippen LogP contribution in [-0.2, 0) is 14.3 Å². The highest BCUT2D eigenvalue weighted by atomic mass is 16.5. The van der Waals surface area contributed by atoms with Crippen LogP contribution in [0.15, 0.2) is 23.8 Å². The summed E-state index contributed by atoms with van der Waals surface area (Å²) >= 11 is 0. The summed E-state index contributed by atoms with van der Waals surface area (Å²) in [4.78, 5) is 22.9. The van der Waals surface area contributed by atoms with Crippen LogP contribution < -0.4 is 0 Å². The van der Waals surface area contributed by atoms with Gasteiger partial charge in [0.1, 0.15) is 6.10 Å². The van der Waals surface area contributed by atoms with Gasteiger partial charge in [-0.25, -0.2) is 0 Å². The van der Waals surface area contributed by atoms with Gasteiger partial charge in [-0.2, -0.15) is 0 Å². The van der Waals surface area contributed by atoms with Crippen LogP contribution in [-0.4, -0.2) is 23.1 Å². The van der Waals surface area contributed by atoms with Crippen LogP contribution in [0, 0.1) is 52.3 Å². The first-order valence-electron chi connectivity index (χ1n) is 15.3. The molecule has 0 heterocycles. The van der Waals surface area contributed by atoms with Gasteiger partial charge < -0.3 is 9.84 Å². The smallest absolute Gasteiger partial charge is 0.306 e. The van der Waals surface area contributed by atoms with Gasteiger partial charge in [-0.3, -0.25) is 9.59 Å². The highest BCUT2D eigenvalue weighted by molar-refractivity contribution is 5.76. The van der Waals surface area contributed by atoms with E-state index in [1.807, 2.05) is 0 Å². The summed E-state index contributed by atoms with van der Waals surface area (Å²) in [5, 5.41) is 8.85. The van der Waals surface area contributed by atoms with E-state index >= 15 is 0 Å². The summed E-state index contributed by atoms with van der Waals surface area (Å²) in [7, 11) is 0. The van der Waals surface area contributed by atoms with Crippen LogP contribution >= 0.6 is 0 Å². The third-order valence-electron chi connectivity index (χ3n) is 11.6. The fourth-order valence-electron chi connectivity index (χ4n) is 9.37. The van der Waals surface area contributed by atoms with E-state index in [9.17, 15) is 9.59 Å². The van der Waals surface area contributed by atoms with E-state index in [1.54, 1.807) is 0 Å². The van der Waals surface area contributed by atoms with Gasteiger partial charge in [0.15, 0.2) is 0 Å². The minimum Gasteiger partial charge on any atom is -0.481 e. The second-order valence-electron chi connectivity index (χ2n) is 13.8. The molecule has 1 N–H and O–H groups in total. The number of ether oxygens (including phenoxy) is 1. The topological polar surface area (TPSA) is 63.6 Å². The number of esters is 1. The second-order valence-corrected chi connectivity index (χ2v) is 13.8. The molecule has 4 aliphatic carbocycles. The van der Waals surface area contributed by atoms with Crippen molar-refractivity contribution in [3.8, 4) is 0 Å². The van der Waals surface area contributed by atoms with Gasteiger partial charge >= 0.3 is 11.9 Å². The molecule has 0 unspecified atom stereocenters. The zero-order valence-corrected chi connectivity index (χ0v) is 24.3. The average molecular weight is 513 g/mol. The molecule has 3 saturated carbocycles. The lowest BCUT2D eigenvalue weighted by molar-refractivity contribution is -0.154. The van der Waals surface area contributed by atoms with Crippen molar-refractivity contribution in [2.75, 3.05) is 0 Å². The van der Waals surface area contributed by atoms with E-state index in [-0.39, 0.29) is 30.3 Å². The van der Waals surface area contributed by atoms with Gasteiger partial charge in [0.2, 0.25) is 0 Å². The summed E-state index contributed by atoms with van der Waals surface area (Å²) in [5.74, 6) is 3.87. The highest BCUT2D eigenvalue weighted by Gasteiger charge is 2.59. The van der Waals surface area contributed by atoms with E-state index < -0.39 is 5.97 Å². The van der Waals surface area contributed by atoms with Crippen molar-refractivity contribution in [2.45, 2.75) is 118 Å². The second kappa shape index (κ2) is 11.3. The molecule has 4 heteroatoms. The van der Waals surface area contributed by atoms with Crippen molar-refractivity contribution in [3.63, 3.8) is 0 Å². The molecule has 0 aromatic heterocycles. The lowest BCUT2D eigenvalue weighted by atomic mass is 9.47. The average Bonchev–Trinajstić information content (AvgIpc) is 3.20. The Morgan fingerprint density at radius 2 is 1.81 bits per heavy atom. The van der Waals surface area contributed by atoms with E-state index in [2.05, 4.69) is 59.8 Å². The molecule has 37 heavy (non-hydrogen) atoms. The minimum absolute atomic E-state index is 0.0293. The molecule has 0 bridgehead atoms. The first-order valence-corrected chi connectivity index (χ1v) is 15.3. The Morgan fingerprint density at radius 1 is 1.05 bits per heavy atom. The number of hydrogen-bond donors (Lipinski definition) is 1. The molecule has 3 fully saturated rings. The number of aliphatic carboxylic acids is 1. The Bertz CT molecular complexity index is 902. The molecule has 0 spiro atoms.